The lowest BCUT2D eigenvalue weighted by Gasteiger charge is -2.19. The van der Waals surface area contributed by atoms with Gasteiger partial charge in [0.25, 0.3) is 0 Å². The Morgan fingerprint density at radius 2 is 0.598 bits per heavy atom. The van der Waals surface area contributed by atoms with Crippen LogP contribution < -0.4 is 5.73 Å². The molecule has 0 spiro atoms. The SMILES string of the molecule is CC/C=C\C/C=C\C/C=C\C/C=C\C/C=C\C/C=C\C/C=C\C/C=C\C/C=C\C/C=C\CCCCCCCCC(=O)OC(COC(=O)CCCCCCCCCCCCCCCCCCCCCCCCCCCCCCCCCCCC)COP(=O)(O)OCCN. The summed E-state index contributed by atoms with van der Waals surface area (Å²) in [6, 6.07) is 0. The number of nitrogens with two attached hydrogens (primary N) is 1. The molecule has 0 bridgehead atoms. The zero-order valence-electron chi connectivity index (χ0n) is 59.8. The number of unbranched alkanes of at least 4 members (excludes halogenated alkanes) is 39. The number of hydrogen-bond donors (Lipinski definition) is 2. The van der Waals surface area contributed by atoms with Crippen molar-refractivity contribution in [1.82, 2.24) is 0 Å². The highest BCUT2D eigenvalue weighted by Gasteiger charge is 2.26. The molecule has 0 radical (unpaired) electrons. The van der Waals surface area contributed by atoms with Crippen LogP contribution in [0.2, 0.25) is 0 Å². The third kappa shape index (κ3) is 75.4. The Labute approximate surface area is 568 Å². The number of phosphoric acid groups is 1. The first-order chi connectivity index (χ1) is 45.3. The quantitative estimate of drug-likeness (QED) is 0.0264. The maximum atomic E-state index is 12.8. The largest absolute Gasteiger partial charge is 0.472 e. The molecule has 3 N–H and O–H groups in total. The standard InChI is InChI=1S/C82H144NO8P/c1-3-5-7-9-11-13-15-17-19-21-23-25-27-29-31-33-35-37-39-40-41-43-45-47-49-51-53-55-57-59-61-63-65-67-69-71-73-75-82(85)91-80(79-90-92(86,87)89-77-76-83)78-88-81(84)74-72-70-68-66-64-62-60-58-56-54-52-50-48-46-44-42-38-36-34-32-30-28-26-24-22-20-18-16-14-12-10-8-6-4-2/h5,7,11,13,17,19,23,25,29,31,35,37,40-41,45,47,51,53,57,59,80H,3-4,6,8-10,12,14-16,18,20-22,24,26-28,30,32-34,36,38-39,42-44,46,48-50,52,54-56,58,60-79,83H2,1-2H3,(H,86,87)/b7-5-,13-11-,19-17-,25-23-,31-29-,37-35-,41-40-,47-45-,53-51-,59-57-. The maximum Gasteiger partial charge on any atom is 0.472 e. The molecule has 0 aromatic carbocycles. The lowest BCUT2D eigenvalue weighted by atomic mass is 10.0. The number of esters is 2. The van der Waals surface area contributed by atoms with Crippen molar-refractivity contribution in [2.45, 2.75) is 360 Å². The minimum absolute atomic E-state index is 0.0465. The highest BCUT2D eigenvalue weighted by Crippen LogP contribution is 2.43. The van der Waals surface area contributed by atoms with Crippen molar-refractivity contribution in [3.63, 3.8) is 0 Å². The van der Waals surface area contributed by atoms with Crippen LogP contribution in [0.1, 0.15) is 354 Å². The lowest BCUT2D eigenvalue weighted by molar-refractivity contribution is -0.161. The molecule has 2 atom stereocenters. The van der Waals surface area contributed by atoms with Gasteiger partial charge in [0.2, 0.25) is 0 Å². The van der Waals surface area contributed by atoms with Crippen LogP contribution in [0.15, 0.2) is 122 Å². The summed E-state index contributed by atoms with van der Waals surface area (Å²) in [4.78, 5) is 35.4. The Bertz CT molecular complexity index is 1930. The molecule has 0 aromatic heterocycles. The van der Waals surface area contributed by atoms with E-state index in [4.69, 9.17) is 24.3 Å². The van der Waals surface area contributed by atoms with E-state index < -0.39 is 26.5 Å². The van der Waals surface area contributed by atoms with Gasteiger partial charge in [-0.2, -0.15) is 0 Å². The van der Waals surface area contributed by atoms with Crippen molar-refractivity contribution in [3.05, 3.63) is 122 Å². The normalized spacial score (nSPS) is 13.6. The van der Waals surface area contributed by atoms with E-state index in [2.05, 4.69) is 135 Å². The highest BCUT2D eigenvalue weighted by atomic mass is 31.2. The van der Waals surface area contributed by atoms with E-state index in [0.717, 1.165) is 122 Å². The van der Waals surface area contributed by atoms with Gasteiger partial charge in [-0.25, -0.2) is 4.57 Å². The first kappa shape index (κ1) is 88.4. The molecule has 0 fully saturated rings. The second-order valence-corrected chi connectivity index (χ2v) is 27.0. The van der Waals surface area contributed by atoms with Gasteiger partial charge in [0.05, 0.1) is 13.2 Å². The molecule has 0 aliphatic rings. The second kappa shape index (κ2) is 76.4. The number of carbonyl (C=O) groups excluding carboxylic acids is 2. The van der Waals surface area contributed by atoms with Crippen molar-refractivity contribution in [2.75, 3.05) is 26.4 Å². The van der Waals surface area contributed by atoms with Gasteiger partial charge in [0.1, 0.15) is 6.61 Å². The van der Waals surface area contributed by atoms with Crippen molar-refractivity contribution in [3.8, 4) is 0 Å². The minimum atomic E-state index is -4.41. The molecule has 0 rings (SSSR count). The number of phosphoric ester groups is 1. The summed E-state index contributed by atoms with van der Waals surface area (Å²) in [5.74, 6) is -0.837. The summed E-state index contributed by atoms with van der Waals surface area (Å²) in [6.45, 7) is 3.65. The zero-order chi connectivity index (χ0) is 66.5. The fraction of sp³-hybridized carbons (Fsp3) is 0.732. The number of allylic oxidation sites excluding steroid dienone is 20. The Morgan fingerprint density at radius 3 is 0.891 bits per heavy atom. The van der Waals surface area contributed by atoms with E-state index in [0.29, 0.717) is 6.42 Å². The predicted octanol–water partition coefficient (Wildman–Crippen LogP) is 25.8. The molecule has 92 heavy (non-hydrogen) atoms. The lowest BCUT2D eigenvalue weighted by Crippen LogP contribution is -2.29. The van der Waals surface area contributed by atoms with E-state index in [9.17, 15) is 19.0 Å². The van der Waals surface area contributed by atoms with E-state index in [1.807, 2.05) is 0 Å². The van der Waals surface area contributed by atoms with Crippen molar-refractivity contribution in [2.24, 2.45) is 5.73 Å². The zero-order valence-corrected chi connectivity index (χ0v) is 60.7. The molecule has 0 saturated heterocycles. The number of ether oxygens (including phenoxy) is 2. The Morgan fingerprint density at radius 1 is 0.337 bits per heavy atom. The van der Waals surface area contributed by atoms with Crippen molar-refractivity contribution >= 4 is 19.8 Å². The molecule has 0 aliphatic heterocycles. The third-order valence-corrected chi connectivity index (χ3v) is 17.6. The van der Waals surface area contributed by atoms with Gasteiger partial charge in [-0.05, 0) is 89.9 Å². The summed E-state index contributed by atoms with van der Waals surface area (Å²) in [5, 5.41) is 0. The summed E-state index contributed by atoms with van der Waals surface area (Å²) in [6.07, 6.45) is 108. The summed E-state index contributed by atoms with van der Waals surface area (Å²) in [7, 11) is -4.41. The van der Waals surface area contributed by atoms with Gasteiger partial charge in [0.15, 0.2) is 6.10 Å². The topological polar surface area (TPSA) is 134 Å². The summed E-state index contributed by atoms with van der Waals surface area (Å²) >= 11 is 0. The van der Waals surface area contributed by atoms with Gasteiger partial charge in [0, 0.05) is 19.4 Å². The van der Waals surface area contributed by atoms with Gasteiger partial charge in [-0.15, -0.1) is 0 Å². The fourth-order valence-corrected chi connectivity index (χ4v) is 11.7. The van der Waals surface area contributed by atoms with Crippen LogP contribution >= 0.6 is 7.82 Å². The summed E-state index contributed by atoms with van der Waals surface area (Å²) in [5.41, 5.74) is 5.41. The predicted molar refractivity (Wildman–Crippen MR) is 399 cm³/mol. The van der Waals surface area contributed by atoms with Gasteiger partial charge >= 0.3 is 19.8 Å². The Balaban J connectivity index is 3.90. The van der Waals surface area contributed by atoms with Gasteiger partial charge in [-0.3, -0.25) is 18.6 Å². The van der Waals surface area contributed by atoms with E-state index >= 15 is 0 Å². The van der Waals surface area contributed by atoms with Crippen LogP contribution in [-0.4, -0.2) is 49.3 Å². The molecule has 0 saturated carbocycles. The average Bonchev–Trinajstić information content (AvgIpc) is 3.01. The molecule has 9 nitrogen and oxygen atoms in total. The smallest absolute Gasteiger partial charge is 0.462 e. The molecule has 2 unspecified atom stereocenters. The number of carbonyl (C=O) groups is 2. The Hall–Kier alpha value is -3.59. The minimum Gasteiger partial charge on any atom is -0.462 e. The fourth-order valence-electron chi connectivity index (χ4n) is 11.0. The molecule has 10 heteroatoms. The average molecular weight is 1300 g/mol. The van der Waals surface area contributed by atoms with Crippen LogP contribution in [0.25, 0.3) is 0 Å². The van der Waals surface area contributed by atoms with Gasteiger partial charge < -0.3 is 20.1 Å². The second-order valence-electron chi connectivity index (χ2n) is 25.5. The van der Waals surface area contributed by atoms with Crippen molar-refractivity contribution in [1.29, 1.82) is 0 Å². The molecular weight excluding hydrogens is 1160 g/mol. The molecule has 530 valence electrons. The molecule has 0 aromatic rings. The first-order valence-electron chi connectivity index (χ1n) is 38.5. The molecule has 0 aliphatic carbocycles. The molecule has 0 heterocycles. The maximum absolute atomic E-state index is 12.8. The van der Waals surface area contributed by atoms with Crippen molar-refractivity contribution < 1.29 is 37.6 Å². The molecule has 0 amide bonds. The van der Waals surface area contributed by atoms with Gasteiger partial charge in [-0.1, -0.05) is 373 Å². The Kier molecular flexibility index (Phi) is 73.4. The molecular formula is C82H144NO8P. The monoisotopic (exact) mass is 1300 g/mol. The van der Waals surface area contributed by atoms with Crippen LogP contribution in [0.3, 0.4) is 0 Å². The van der Waals surface area contributed by atoms with Crippen LogP contribution in [0.4, 0.5) is 0 Å². The highest BCUT2D eigenvalue weighted by molar-refractivity contribution is 7.47. The number of rotatable bonds is 72. The van der Waals surface area contributed by atoms with Crippen LogP contribution in [-0.2, 0) is 32.7 Å². The summed E-state index contributed by atoms with van der Waals surface area (Å²) < 4.78 is 33.2. The van der Waals surface area contributed by atoms with Crippen LogP contribution in [0, 0.1) is 0 Å². The van der Waals surface area contributed by atoms with E-state index in [1.54, 1.807) is 0 Å². The third-order valence-electron chi connectivity index (χ3n) is 16.6. The van der Waals surface area contributed by atoms with E-state index in [-0.39, 0.29) is 38.6 Å². The first-order valence-corrected chi connectivity index (χ1v) is 40.0. The number of hydrogen-bond acceptors (Lipinski definition) is 8. The van der Waals surface area contributed by atoms with E-state index in [1.165, 1.54) is 199 Å². The van der Waals surface area contributed by atoms with Crippen LogP contribution in [0.5, 0.6) is 0 Å².